The van der Waals surface area contributed by atoms with Crippen molar-refractivity contribution in [2.75, 3.05) is 6.26 Å². The minimum atomic E-state index is -0.233. The zero-order valence-electron chi connectivity index (χ0n) is 8.91. The van der Waals surface area contributed by atoms with Crippen LogP contribution in [0.5, 0.6) is 0 Å². The molecule has 78 valence electrons. The number of benzene rings is 1. The molecule has 1 aromatic rings. The van der Waals surface area contributed by atoms with Crippen LogP contribution in [0.2, 0.25) is 0 Å². The van der Waals surface area contributed by atoms with Crippen LogP contribution in [0.1, 0.15) is 24.0 Å². The standard InChI is InChI=1S/C12H13NOS/c1-9-7-10(3-4-11(9)15-2)12(5-6-12)13-8-14/h3-4,7H,5-6H2,1-2H3. The minimum absolute atomic E-state index is 0.233. The van der Waals surface area contributed by atoms with Crippen LogP contribution in [0, 0.1) is 6.92 Å². The van der Waals surface area contributed by atoms with Crippen molar-refractivity contribution in [3.63, 3.8) is 0 Å². The van der Waals surface area contributed by atoms with Gasteiger partial charge in [-0.25, -0.2) is 4.79 Å². The summed E-state index contributed by atoms with van der Waals surface area (Å²) in [6.07, 6.45) is 5.70. The number of hydrogen-bond acceptors (Lipinski definition) is 3. The molecule has 0 aliphatic heterocycles. The molecule has 0 N–H and O–H groups in total. The van der Waals surface area contributed by atoms with Crippen molar-refractivity contribution < 1.29 is 4.79 Å². The average Bonchev–Trinajstić information content (AvgIpc) is 2.99. The van der Waals surface area contributed by atoms with Gasteiger partial charge in [-0.05, 0) is 43.2 Å². The first-order chi connectivity index (χ1) is 7.22. The van der Waals surface area contributed by atoms with E-state index < -0.39 is 0 Å². The maximum Gasteiger partial charge on any atom is 0.235 e. The normalized spacial score (nSPS) is 16.9. The van der Waals surface area contributed by atoms with Gasteiger partial charge in [-0.3, -0.25) is 0 Å². The van der Waals surface area contributed by atoms with Crippen LogP contribution in [0.25, 0.3) is 0 Å². The molecule has 1 saturated carbocycles. The Morgan fingerprint density at radius 2 is 2.20 bits per heavy atom. The molecule has 0 unspecified atom stereocenters. The van der Waals surface area contributed by atoms with Crippen molar-refractivity contribution >= 4 is 17.8 Å². The van der Waals surface area contributed by atoms with E-state index in [1.54, 1.807) is 17.8 Å². The van der Waals surface area contributed by atoms with Crippen LogP contribution in [0.4, 0.5) is 0 Å². The first kappa shape index (κ1) is 10.5. The van der Waals surface area contributed by atoms with Gasteiger partial charge in [0.25, 0.3) is 0 Å². The van der Waals surface area contributed by atoms with E-state index >= 15 is 0 Å². The predicted molar refractivity (Wildman–Crippen MR) is 62.0 cm³/mol. The highest BCUT2D eigenvalue weighted by atomic mass is 32.2. The van der Waals surface area contributed by atoms with Crippen LogP contribution < -0.4 is 0 Å². The molecular weight excluding hydrogens is 206 g/mol. The molecule has 2 nitrogen and oxygen atoms in total. The zero-order chi connectivity index (χ0) is 10.9. The summed E-state index contributed by atoms with van der Waals surface area (Å²) in [5, 5.41) is 0. The Hall–Kier alpha value is -1.05. The summed E-state index contributed by atoms with van der Waals surface area (Å²) in [6, 6.07) is 6.32. The van der Waals surface area contributed by atoms with Crippen molar-refractivity contribution in [1.29, 1.82) is 0 Å². The van der Waals surface area contributed by atoms with Gasteiger partial charge < -0.3 is 0 Å². The number of carbonyl (C=O) groups excluding carboxylic acids is 1. The highest BCUT2D eigenvalue weighted by Gasteiger charge is 2.44. The van der Waals surface area contributed by atoms with E-state index in [1.807, 2.05) is 0 Å². The summed E-state index contributed by atoms with van der Waals surface area (Å²) >= 11 is 1.74. The highest BCUT2D eigenvalue weighted by Crippen LogP contribution is 2.49. The lowest BCUT2D eigenvalue weighted by Gasteiger charge is -2.10. The van der Waals surface area contributed by atoms with Gasteiger partial charge in [-0.1, -0.05) is 12.1 Å². The largest absolute Gasteiger partial charge is 0.235 e. The van der Waals surface area contributed by atoms with Gasteiger partial charge in [0.1, 0.15) is 0 Å². The lowest BCUT2D eigenvalue weighted by Crippen LogP contribution is -2.02. The van der Waals surface area contributed by atoms with Gasteiger partial charge in [0.05, 0.1) is 5.54 Å². The SMILES string of the molecule is CSc1ccc(C2(N=C=O)CC2)cc1C. The molecule has 0 bridgehead atoms. The van der Waals surface area contributed by atoms with Crippen molar-refractivity contribution in [2.24, 2.45) is 4.99 Å². The molecule has 0 amide bonds. The van der Waals surface area contributed by atoms with Crippen molar-refractivity contribution in [3.05, 3.63) is 29.3 Å². The molecule has 0 saturated heterocycles. The van der Waals surface area contributed by atoms with Gasteiger partial charge >= 0.3 is 0 Å². The molecule has 0 aromatic heterocycles. The fourth-order valence-electron chi connectivity index (χ4n) is 1.84. The van der Waals surface area contributed by atoms with Crippen LogP contribution in [-0.2, 0) is 10.3 Å². The molecule has 3 heteroatoms. The number of rotatable bonds is 3. The summed E-state index contributed by atoms with van der Waals surface area (Å²) in [4.78, 5) is 15.6. The summed E-state index contributed by atoms with van der Waals surface area (Å²) < 4.78 is 0. The third-order valence-corrected chi connectivity index (χ3v) is 3.81. The van der Waals surface area contributed by atoms with Crippen LogP contribution in [-0.4, -0.2) is 12.3 Å². The number of thioether (sulfide) groups is 1. The smallest absolute Gasteiger partial charge is 0.211 e. The van der Waals surface area contributed by atoms with Crippen molar-refractivity contribution in [3.8, 4) is 0 Å². The second kappa shape index (κ2) is 3.84. The lowest BCUT2D eigenvalue weighted by molar-refractivity contribution is 0.556. The lowest BCUT2D eigenvalue weighted by atomic mass is 10.0. The van der Waals surface area contributed by atoms with Crippen LogP contribution >= 0.6 is 11.8 Å². The summed E-state index contributed by atoms with van der Waals surface area (Å²) in [7, 11) is 0. The molecule has 15 heavy (non-hydrogen) atoms. The number of nitrogens with zero attached hydrogens (tertiary/aromatic N) is 1. The van der Waals surface area contributed by atoms with E-state index in [2.05, 4.69) is 36.4 Å². The van der Waals surface area contributed by atoms with Crippen LogP contribution in [0.15, 0.2) is 28.1 Å². The maximum atomic E-state index is 10.3. The third-order valence-electron chi connectivity index (χ3n) is 2.92. The first-order valence-corrected chi connectivity index (χ1v) is 6.18. The monoisotopic (exact) mass is 219 g/mol. The molecule has 1 aromatic carbocycles. The Bertz CT molecular complexity index is 431. The van der Waals surface area contributed by atoms with Gasteiger partial charge in [0, 0.05) is 4.90 Å². The molecule has 0 atom stereocenters. The summed E-state index contributed by atoms with van der Waals surface area (Å²) in [5.74, 6) is 0. The second-order valence-electron chi connectivity index (χ2n) is 3.92. The Labute approximate surface area is 93.8 Å². The van der Waals surface area contributed by atoms with Crippen LogP contribution in [0.3, 0.4) is 0 Å². The van der Waals surface area contributed by atoms with Crippen molar-refractivity contribution in [1.82, 2.24) is 0 Å². The number of aryl methyl sites for hydroxylation is 1. The van der Waals surface area contributed by atoms with E-state index in [0.717, 1.165) is 18.4 Å². The fraction of sp³-hybridized carbons (Fsp3) is 0.417. The second-order valence-corrected chi connectivity index (χ2v) is 4.77. The number of hydrogen-bond donors (Lipinski definition) is 0. The number of aliphatic imine (C=N–C) groups is 1. The highest BCUT2D eigenvalue weighted by molar-refractivity contribution is 7.98. The fourth-order valence-corrected chi connectivity index (χ4v) is 2.42. The van der Waals surface area contributed by atoms with E-state index in [1.165, 1.54) is 10.5 Å². The molecular formula is C12H13NOS. The Morgan fingerprint density at radius 3 is 2.67 bits per heavy atom. The molecule has 1 aliphatic rings. The molecule has 0 heterocycles. The molecule has 0 spiro atoms. The van der Waals surface area contributed by atoms with Gasteiger partial charge in [0.15, 0.2) is 0 Å². The maximum absolute atomic E-state index is 10.3. The van der Waals surface area contributed by atoms with E-state index in [4.69, 9.17) is 0 Å². The molecule has 1 fully saturated rings. The molecule has 1 aliphatic carbocycles. The topological polar surface area (TPSA) is 29.4 Å². The summed E-state index contributed by atoms with van der Waals surface area (Å²) in [6.45, 7) is 2.09. The molecule has 0 radical (unpaired) electrons. The average molecular weight is 219 g/mol. The quantitative estimate of drug-likeness (QED) is 0.444. The van der Waals surface area contributed by atoms with E-state index in [0.29, 0.717) is 0 Å². The van der Waals surface area contributed by atoms with Gasteiger partial charge in [-0.2, -0.15) is 4.99 Å². The van der Waals surface area contributed by atoms with Gasteiger partial charge in [-0.15, -0.1) is 11.8 Å². The first-order valence-electron chi connectivity index (χ1n) is 4.96. The van der Waals surface area contributed by atoms with E-state index in [9.17, 15) is 4.79 Å². The van der Waals surface area contributed by atoms with Crippen molar-refractivity contribution in [2.45, 2.75) is 30.2 Å². The van der Waals surface area contributed by atoms with E-state index in [-0.39, 0.29) is 5.54 Å². The third kappa shape index (κ3) is 1.85. The zero-order valence-corrected chi connectivity index (χ0v) is 9.73. The molecule has 2 rings (SSSR count). The predicted octanol–water partition coefficient (Wildman–Crippen LogP) is 3.04. The summed E-state index contributed by atoms with van der Waals surface area (Å²) in [5.41, 5.74) is 2.18. The van der Waals surface area contributed by atoms with Gasteiger partial charge in [0.2, 0.25) is 6.08 Å². The Balaban J connectivity index is 2.38. The Kier molecular flexibility index (Phi) is 2.68. The minimum Gasteiger partial charge on any atom is -0.211 e. The number of isocyanates is 1. The Morgan fingerprint density at radius 1 is 1.47 bits per heavy atom.